The summed E-state index contributed by atoms with van der Waals surface area (Å²) in [4.78, 5) is 13.8. The van der Waals surface area contributed by atoms with Crippen LogP contribution in [-0.2, 0) is 9.53 Å². The Balaban J connectivity index is 2.10. The number of hydrogen-bond donors (Lipinski definition) is 1. The summed E-state index contributed by atoms with van der Waals surface area (Å²) >= 11 is 0. The van der Waals surface area contributed by atoms with E-state index in [0.29, 0.717) is 12.5 Å². The SMILES string of the molecule is COC(=O)C(c1ccccc1)N(C)CC(O)C1CC1. The van der Waals surface area contributed by atoms with E-state index in [1.54, 1.807) is 0 Å². The summed E-state index contributed by atoms with van der Waals surface area (Å²) in [6.45, 7) is 0.485. The molecule has 0 spiro atoms. The molecule has 1 N–H and O–H groups in total. The first-order valence-corrected chi connectivity index (χ1v) is 6.64. The fourth-order valence-corrected chi connectivity index (χ4v) is 2.35. The summed E-state index contributed by atoms with van der Waals surface area (Å²) in [5.41, 5.74) is 0.889. The van der Waals surface area contributed by atoms with E-state index in [0.717, 1.165) is 18.4 Å². The normalized spacial score (nSPS) is 18.1. The first-order valence-electron chi connectivity index (χ1n) is 6.64. The molecule has 0 heterocycles. The highest BCUT2D eigenvalue weighted by atomic mass is 16.5. The zero-order valence-electron chi connectivity index (χ0n) is 11.5. The third-order valence-electron chi connectivity index (χ3n) is 3.62. The molecule has 0 saturated heterocycles. The Hall–Kier alpha value is -1.39. The second-order valence-corrected chi connectivity index (χ2v) is 5.18. The molecule has 19 heavy (non-hydrogen) atoms. The Morgan fingerprint density at radius 1 is 1.42 bits per heavy atom. The second kappa shape index (κ2) is 6.17. The number of carbonyl (C=O) groups is 1. The lowest BCUT2D eigenvalue weighted by atomic mass is 10.0. The summed E-state index contributed by atoms with van der Waals surface area (Å²) in [6, 6.07) is 9.06. The van der Waals surface area contributed by atoms with Gasteiger partial charge in [-0.1, -0.05) is 30.3 Å². The third-order valence-corrected chi connectivity index (χ3v) is 3.62. The molecule has 2 atom stereocenters. The lowest BCUT2D eigenvalue weighted by Gasteiger charge is -2.28. The van der Waals surface area contributed by atoms with Gasteiger partial charge in [0.1, 0.15) is 6.04 Å². The van der Waals surface area contributed by atoms with E-state index in [-0.39, 0.29) is 12.1 Å². The van der Waals surface area contributed by atoms with Gasteiger partial charge in [0, 0.05) is 6.54 Å². The zero-order valence-corrected chi connectivity index (χ0v) is 11.5. The van der Waals surface area contributed by atoms with Crippen LogP contribution < -0.4 is 0 Å². The molecule has 4 nitrogen and oxygen atoms in total. The van der Waals surface area contributed by atoms with Crippen molar-refractivity contribution in [3.63, 3.8) is 0 Å². The molecule has 104 valence electrons. The minimum atomic E-state index is -0.459. The standard InChI is InChI=1S/C15H21NO3/c1-16(10-13(17)11-8-9-11)14(15(18)19-2)12-6-4-3-5-7-12/h3-7,11,13-14,17H,8-10H2,1-2H3. The Morgan fingerprint density at radius 2 is 2.05 bits per heavy atom. The van der Waals surface area contributed by atoms with Crippen molar-refractivity contribution >= 4 is 5.97 Å². The molecule has 1 aliphatic carbocycles. The van der Waals surface area contributed by atoms with Crippen LogP contribution in [0.2, 0.25) is 0 Å². The van der Waals surface area contributed by atoms with Gasteiger partial charge >= 0.3 is 5.97 Å². The van der Waals surface area contributed by atoms with Crippen LogP contribution >= 0.6 is 0 Å². The average Bonchev–Trinajstić information content (AvgIpc) is 3.24. The predicted octanol–water partition coefficient (Wildman–Crippen LogP) is 1.60. The number of esters is 1. The molecule has 0 aromatic heterocycles. The van der Waals surface area contributed by atoms with Crippen LogP contribution in [0, 0.1) is 5.92 Å². The quantitative estimate of drug-likeness (QED) is 0.792. The van der Waals surface area contributed by atoms with Crippen molar-refractivity contribution in [2.24, 2.45) is 5.92 Å². The molecular formula is C15H21NO3. The monoisotopic (exact) mass is 263 g/mol. The van der Waals surface area contributed by atoms with Crippen molar-refractivity contribution < 1.29 is 14.6 Å². The molecule has 1 fully saturated rings. The molecule has 1 aromatic rings. The van der Waals surface area contributed by atoms with Crippen LogP contribution in [-0.4, -0.2) is 42.8 Å². The highest BCUT2D eigenvalue weighted by Gasteiger charge is 2.33. The van der Waals surface area contributed by atoms with Gasteiger partial charge in [-0.3, -0.25) is 4.90 Å². The van der Waals surface area contributed by atoms with E-state index < -0.39 is 6.04 Å². The van der Waals surface area contributed by atoms with Crippen LogP contribution in [0.25, 0.3) is 0 Å². The van der Waals surface area contributed by atoms with Crippen molar-refractivity contribution in [1.82, 2.24) is 4.90 Å². The molecule has 1 saturated carbocycles. The maximum absolute atomic E-state index is 12.0. The van der Waals surface area contributed by atoms with Gasteiger partial charge in [0.05, 0.1) is 13.2 Å². The molecule has 2 rings (SSSR count). The highest BCUT2D eigenvalue weighted by molar-refractivity contribution is 5.77. The van der Waals surface area contributed by atoms with Crippen molar-refractivity contribution in [2.45, 2.75) is 25.0 Å². The molecule has 2 unspecified atom stereocenters. The molecular weight excluding hydrogens is 242 g/mol. The first kappa shape index (κ1) is 14.0. The number of benzene rings is 1. The fraction of sp³-hybridized carbons (Fsp3) is 0.533. The topological polar surface area (TPSA) is 49.8 Å². The van der Waals surface area contributed by atoms with Crippen molar-refractivity contribution in [1.29, 1.82) is 0 Å². The van der Waals surface area contributed by atoms with Crippen LogP contribution in [0.4, 0.5) is 0 Å². The lowest BCUT2D eigenvalue weighted by molar-refractivity contribution is -0.147. The van der Waals surface area contributed by atoms with Gasteiger partial charge in [-0.2, -0.15) is 0 Å². The molecule has 0 bridgehead atoms. The van der Waals surface area contributed by atoms with Crippen LogP contribution in [0.5, 0.6) is 0 Å². The summed E-state index contributed by atoms with van der Waals surface area (Å²) in [5.74, 6) is 0.105. The highest BCUT2D eigenvalue weighted by Crippen LogP contribution is 2.33. The maximum atomic E-state index is 12.0. The number of likely N-dealkylation sites (N-methyl/N-ethyl adjacent to an activating group) is 1. The van der Waals surface area contributed by atoms with Crippen LogP contribution in [0.3, 0.4) is 0 Å². The van der Waals surface area contributed by atoms with Crippen LogP contribution in [0.15, 0.2) is 30.3 Å². The molecule has 1 aliphatic rings. The number of rotatable bonds is 6. The van der Waals surface area contributed by atoms with Gasteiger partial charge < -0.3 is 9.84 Å². The van der Waals surface area contributed by atoms with Crippen molar-refractivity contribution in [3.05, 3.63) is 35.9 Å². The van der Waals surface area contributed by atoms with E-state index in [1.807, 2.05) is 42.3 Å². The van der Waals surface area contributed by atoms with Crippen LogP contribution in [0.1, 0.15) is 24.4 Å². The van der Waals surface area contributed by atoms with Gasteiger partial charge in [-0.25, -0.2) is 4.79 Å². The van der Waals surface area contributed by atoms with Crippen molar-refractivity contribution in [3.8, 4) is 0 Å². The summed E-state index contributed by atoms with van der Waals surface area (Å²) in [6.07, 6.45) is 1.81. The number of hydrogen-bond acceptors (Lipinski definition) is 4. The molecule has 1 aromatic carbocycles. The Morgan fingerprint density at radius 3 is 2.58 bits per heavy atom. The van der Waals surface area contributed by atoms with Gasteiger partial charge in [-0.15, -0.1) is 0 Å². The molecule has 0 aliphatic heterocycles. The second-order valence-electron chi connectivity index (χ2n) is 5.18. The number of nitrogens with zero attached hydrogens (tertiary/aromatic N) is 1. The van der Waals surface area contributed by atoms with E-state index in [9.17, 15) is 9.90 Å². The molecule has 0 radical (unpaired) electrons. The average molecular weight is 263 g/mol. The van der Waals surface area contributed by atoms with E-state index in [1.165, 1.54) is 7.11 Å². The third kappa shape index (κ3) is 3.55. The minimum absolute atomic E-state index is 0.295. The minimum Gasteiger partial charge on any atom is -0.468 e. The Labute approximate surface area is 114 Å². The van der Waals surface area contributed by atoms with Gasteiger partial charge in [0.15, 0.2) is 0 Å². The number of aliphatic hydroxyl groups is 1. The van der Waals surface area contributed by atoms with E-state index in [4.69, 9.17) is 4.74 Å². The Bertz CT molecular complexity index is 417. The summed E-state index contributed by atoms with van der Waals surface area (Å²) < 4.78 is 4.88. The van der Waals surface area contributed by atoms with Gasteiger partial charge in [-0.05, 0) is 31.4 Å². The number of methoxy groups -OCH3 is 1. The smallest absolute Gasteiger partial charge is 0.327 e. The lowest BCUT2D eigenvalue weighted by Crippen LogP contribution is -2.37. The largest absolute Gasteiger partial charge is 0.468 e. The molecule has 0 amide bonds. The fourth-order valence-electron chi connectivity index (χ4n) is 2.35. The zero-order chi connectivity index (χ0) is 13.8. The van der Waals surface area contributed by atoms with Crippen molar-refractivity contribution in [2.75, 3.05) is 20.7 Å². The summed E-state index contributed by atoms with van der Waals surface area (Å²) in [5, 5.41) is 10.0. The Kier molecular flexibility index (Phi) is 4.56. The maximum Gasteiger partial charge on any atom is 0.327 e. The predicted molar refractivity (Wildman–Crippen MR) is 72.6 cm³/mol. The van der Waals surface area contributed by atoms with Gasteiger partial charge in [0.2, 0.25) is 0 Å². The number of carbonyl (C=O) groups excluding carboxylic acids is 1. The van der Waals surface area contributed by atoms with E-state index in [2.05, 4.69) is 0 Å². The first-order chi connectivity index (χ1) is 9.13. The number of aliphatic hydroxyl groups excluding tert-OH is 1. The van der Waals surface area contributed by atoms with Gasteiger partial charge in [0.25, 0.3) is 0 Å². The number of ether oxygens (including phenoxy) is 1. The summed E-state index contributed by atoms with van der Waals surface area (Å²) in [7, 11) is 3.24. The van der Waals surface area contributed by atoms with E-state index >= 15 is 0 Å². The molecule has 4 heteroatoms.